The van der Waals surface area contributed by atoms with E-state index in [0.717, 1.165) is 6.92 Å². The molecule has 0 N–H and O–H groups in total. The summed E-state index contributed by atoms with van der Waals surface area (Å²) >= 11 is 0. The molecule has 1 fully saturated rings. The fourth-order valence-corrected chi connectivity index (χ4v) is 1.65. The van der Waals surface area contributed by atoms with E-state index in [1.54, 1.807) is 0 Å². The maximum absolute atomic E-state index is 12.8. The van der Waals surface area contributed by atoms with Crippen LogP contribution in [0.15, 0.2) is 0 Å². The molecule has 1 rings (SSSR count). The zero-order valence-corrected chi connectivity index (χ0v) is 9.44. The summed E-state index contributed by atoms with van der Waals surface area (Å²) in [6.45, 7) is 7.58. The zero-order chi connectivity index (χ0) is 11.0. The topological polar surface area (TPSA) is 9.23 Å². The second kappa shape index (κ2) is 3.76. The molecule has 1 nitrogen and oxygen atoms in total. The molecule has 0 saturated heterocycles. The van der Waals surface area contributed by atoms with Crippen LogP contribution in [-0.2, 0) is 4.74 Å². The average Bonchev–Trinajstić information content (AvgIpc) is 1.76. The standard InChI is InChI=1S/C11H20F2O/c1-10(2,3)14-7-8-5-9(6-8)11(4,12)13/h8-9H,5-7H2,1-4H3. The minimum atomic E-state index is -2.50. The van der Waals surface area contributed by atoms with Gasteiger partial charge in [-0.3, -0.25) is 0 Å². The summed E-state index contributed by atoms with van der Waals surface area (Å²) in [7, 11) is 0. The highest BCUT2D eigenvalue weighted by Crippen LogP contribution is 2.43. The van der Waals surface area contributed by atoms with Crippen LogP contribution in [0.1, 0.15) is 40.5 Å². The van der Waals surface area contributed by atoms with Crippen molar-refractivity contribution >= 4 is 0 Å². The molecule has 0 radical (unpaired) electrons. The summed E-state index contributed by atoms with van der Waals surface area (Å²) in [5.74, 6) is -2.58. The van der Waals surface area contributed by atoms with Crippen LogP contribution in [0.4, 0.5) is 8.78 Å². The molecule has 0 heterocycles. The van der Waals surface area contributed by atoms with E-state index in [2.05, 4.69) is 0 Å². The molecule has 0 aromatic rings. The lowest BCUT2D eigenvalue weighted by Gasteiger charge is -2.39. The van der Waals surface area contributed by atoms with E-state index < -0.39 is 11.8 Å². The summed E-state index contributed by atoms with van der Waals surface area (Å²) in [4.78, 5) is 0. The fourth-order valence-electron chi connectivity index (χ4n) is 1.65. The Labute approximate surface area is 84.8 Å². The van der Waals surface area contributed by atoms with Gasteiger partial charge in [0.25, 0.3) is 0 Å². The molecular weight excluding hydrogens is 186 g/mol. The minimum absolute atomic E-state index is 0.153. The van der Waals surface area contributed by atoms with Gasteiger partial charge >= 0.3 is 0 Å². The van der Waals surface area contributed by atoms with Crippen molar-refractivity contribution in [2.75, 3.05) is 6.61 Å². The number of halogens is 2. The fraction of sp³-hybridized carbons (Fsp3) is 1.00. The van der Waals surface area contributed by atoms with Crippen LogP contribution in [-0.4, -0.2) is 18.1 Å². The third-order valence-corrected chi connectivity index (χ3v) is 2.70. The summed E-state index contributed by atoms with van der Waals surface area (Å²) in [6, 6.07) is 0. The lowest BCUT2D eigenvalue weighted by Crippen LogP contribution is -2.39. The molecular formula is C11H20F2O. The van der Waals surface area contributed by atoms with E-state index in [1.165, 1.54) is 0 Å². The van der Waals surface area contributed by atoms with E-state index in [1.807, 2.05) is 20.8 Å². The van der Waals surface area contributed by atoms with Crippen molar-refractivity contribution in [1.29, 1.82) is 0 Å². The first kappa shape index (κ1) is 11.9. The van der Waals surface area contributed by atoms with Crippen LogP contribution >= 0.6 is 0 Å². The predicted molar refractivity (Wildman–Crippen MR) is 52.5 cm³/mol. The van der Waals surface area contributed by atoms with Gasteiger partial charge < -0.3 is 4.74 Å². The van der Waals surface area contributed by atoms with Gasteiger partial charge in [-0.2, -0.15) is 0 Å². The van der Waals surface area contributed by atoms with E-state index in [0.29, 0.717) is 25.4 Å². The van der Waals surface area contributed by atoms with Gasteiger partial charge in [0, 0.05) is 5.92 Å². The van der Waals surface area contributed by atoms with Gasteiger partial charge in [-0.25, -0.2) is 8.78 Å². The summed E-state index contributed by atoms with van der Waals surface area (Å²) in [5.41, 5.74) is -0.153. The third-order valence-electron chi connectivity index (χ3n) is 2.70. The molecule has 0 aromatic heterocycles. The molecule has 1 aliphatic rings. The second-order valence-electron chi connectivity index (χ2n) is 5.41. The molecule has 14 heavy (non-hydrogen) atoms. The van der Waals surface area contributed by atoms with Crippen LogP contribution in [0.3, 0.4) is 0 Å². The smallest absolute Gasteiger partial charge is 0.248 e. The van der Waals surface area contributed by atoms with Crippen molar-refractivity contribution in [2.45, 2.75) is 52.1 Å². The Morgan fingerprint density at radius 1 is 1.14 bits per heavy atom. The van der Waals surface area contributed by atoms with Crippen LogP contribution in [0, 0.1) is 11.8 Å². The Hall–Kier alpha value is -0.180. The maximum atomic E-state index is 12.8. The molecule has 84 valence electrons. The van der Waals surface area contributed by atoms with Crippen molar-refractivity contribution in [3.63, 3.8) is 0 Å². The Morgan fingerprint density at radius 2 is 1.64 bits per heavy atom. The van der Waals surface area contributed by atoms with Crippen molar-refractivity contribution in [2.24, 2.45) is 11.8 Å². The summed E-state index contributed by atoms with van der Waals surface area (Å²) in [5, 5.41) is 0. The van der Waals surface area contributed by atoms with Gasteiger partial charge in [-0.1, -0.05) is 0 Å². The van der Waals surface area contributed by atoms with Gasteiger partial charge in [0.1, 0.15) is 0 Å². The van der Waals surface area contributed by atoms with E-state index in [9.17, 15) is 8.78 Å². The number of ether oxygens (including phenoxy) is 1. The first-order valence-corrected chi connectivity index (χ1v) is 5.20. The highest BCUT2D eigenvalue weighted by atomic mass is 19.3. The third kappa shape index (κ3) is 3.52. The molecule has 0 unspecified atom stereocenters. The van der Waals surface area contributed by atoms with Crippen LogP contribution in [0.25, 0.3) is 0 Å². The predicted octanol–water partition coefficient (Wildman–Crippen LogP) is 3.48. The number of hydrogen-bond acceptors (Lipinski definition) is 1. The lowest BCUT2D eigenvalue weighted by molar-refractivity contribution is -0.116. The lowest BCUT2D eigenvalue weighted by atomic mass is 9.72. The van der Waals surface area contributed by atoms with Crippen molar-refractivity contribution in [1.82, 2.24) is 0 Å². The molecule has 3 heteroatoms. The molecule has 1 aliphatic carbocycles. The van der Waals surface area contributed by atoms with Crippen molar-refractivity contribution in [3.05, 3.63) is 0 Å². The largest absolute Gasteiger partial charge is 0.376 e. The van der Waals surface area contributed by atoms with Crippen molar-refractivity contribution < 1.29 is 13.5 Å². The minimum Gasteiger partial charge on any atom is -0.376 e. The van der Waals surface area contributed by atoms with Crippen LogP contribution < -0.4 is 0 Å². The number of hydrogen-bond donors (Lipinski definition) is 0. The highest BCUT2D eigenvalue weighted by molar-refractivity contribution is 4.87. The molecule has 0 amide bonds. The zero-order valence-electron chi connectivity index (χ0n) is 9.44. The normalized spacial score (nSPS) is 28.7. The number of rotatable bonds is 3. The van der Waals surface area contributed by atoms with E-state index in [-0.39, 0.29) is 5.60 Å². The molecule has 0 spiro atoms. The second-order valence-corrected chi connectivity index (χ2v) is 5.41. The van der Waals surface area contributed by atoms with Gasteiger partial charge in [0.2, 0.25) is 5.92 Å². The van der Waals surface area contributed by atoms with Gasteiger partial charge in [-0.15, -0.1) is 0 Å². The Kier molecular flexibility index (Phi) is 3.20. The first-order chi connectivity index (χ1) is 6.18. The summed E-state index contributed by atoms with van der Waals surface area (Å²) < 4.78 is 31.1. The Bertz CT molecular complexity index is 182. The van der Waals surface area contributed by atoms with E-state index >= 15 is 0 Å². The molecule has 0 aliphatic heterocycles. The summed E-state index contributed by atoms with van der Waals surface area (Å²) in [6.07, 6.45) is 1.22. The Morgan fingerprint density at radius 3 is 2.00 bits per heavy atom. The van der Waals surface area contributed by atoms with Crippen LogP contribution in [0.2, 0.25) is 0 Å². The van der Waals surface area contributed by atoms with E-state index in [4.69, 9.17) is 4.74 Å². The molecule has 1 saturated carbocycles. The van der Waals surface area contributed by atoms with Crippen LogP contribution in [0.5, 0.6) is 0 Å². The highest BCUT2D eigenvalue weighted by Gasteiger charge is 2.43. The first-order valence-electron chi connectivity index (χ1n) is 5.20. The van der Waals surface area contributed by atoms with Gasteiger partial charge in [0.15, 0.2) is 0 Å². The van der Waals surface area contributed by atoms with Gasteiger partial charge in [0.05, 0.1) is 12.2 Å². The number of alkyl halides is 2. The Balaban J connectivity index is 2.17. The maximum Gasteiger partial charge on any atom is 0.248 e. The molecule has 0 bridgehead atoms. The monoisotopic (exact) mass is 206 g/mol. The molecule has 0 aromatic carbocycles. The quantitative estimate of drug-likeness (QED) is 0.687. The van der Waals surface area contributed by atoms with Gasteiger partial charge in [-0.05, 0) is 46.5 Å². The average molecular weight is 206 g/mol. The SMILES string of the molecule is CC(C)(C)OCC1CC(C(C)(F)F)C1. The molecule has 0 atom stereocenters. The van der Waals surface area contributed by atoms with Crippen molar-refractivity contribution in [3.8, 4) is 0 Å².